The summed E-state index contributed by atoms with van der Waals surface area (Å²) in [7, 11) is 0. The zero-order valence-corrected chi connectivity index (χ0v) is 6.79. The summed E-state index contributed by atoms with van der Waals surface area (Å²) in [4.78, 5) is 21.9. The topological polar surface area (TPSA) is 43.4 Å². The lowest BCUT2D eigenvalue weighted by molar-refractivity contribution is -0.153. The number of esters is 2. The van der Waals surface area contributed by atoms with Crippen molar-refractivity contribution in [3.8, 4) is 0 Å². The third kappa shape index (κ3) is 1.27. The molecule has 2 unspecified atom stereocenters. The molecule has 0 N–H and O–H groups in total. The van der Waals surface area contributed by atoms with Crippen molar-refractivity contribution in [3.63, 3.8) is 0 Å². The van der Waals surface area contributed by atoms with Crippen LogP contribution in [0, 0.1) is 11.8 Å². The minimum atomic E-state index is -0.343. The van der Waals surface area contributed by atoms with Crippen molar-refractivity contribution in [1.29, 1.82) is 0 Å². The van der Waals surface area contributed by atoms with Gasteiger partial charge in [0, 0.05) is 0 Å². The van der Waals surface area contributed by atoms with E-state index in [9.17, 15) is 9.59 Å². The van der Waals surface area contributed by atoms with E-state index in [1.807, 2.05) is 13.8 Å². The maximum atomic E-state index is 10.9. The van der Waals surface area contributed by atoms with Crippen LogP contribution in [0.25, 0.3) is 0 Å². The number of carbonyl (C=O) groups excluding carboxylic acids is 2. The molecule has 1 fully saturated rings. The van der Waals surface area contributed by atoms with Gasteiger partial charge >= 0.3 is 11.9 Å². The molecule has 1 aliphatic rings. The molecule has 0 radical (unpaired) electrons. The van der Waals surface area contributed by atoms with Crippen LogP contribution < -0.4 is 0 Å². The summed E-state index contributed by atoms with van der Waals surface area (Å²) < 4.78 is 4.49. The van der Waals surface area contributed by atoms with Crippen molar-refractivity contribution in [2.75, 3.05) is 0 Å². The van der Waals surface area contributed by atoms with Crippen LogP contribution in [0.1, 0.15) is 26.7 Å². The Bertz CT molecular complexity index is 166. The van der Waals surface area contributed by atoms with Crippen LogP contribution in [-0.4, -0.2) is 11.9 Å². The molecule has 3 heteroatoms. The Morgan fingerprint density at radius 2 is 1.45 bits per heavy atom. The lowest BCUT2D eigenvalue weighted by Gasteiger charge is -2.06. The summed E-state index contributed by atoms with van der Waals surface area (Å²) in [6.07, 6.45) is 1.40. The Morgan fingerprint density at radius 1 is 1.09 bits per heavy atom. The van der Waals surface area contributed by atoms with Crippen molar-refractivity contribution < 1.29 is 14.3 Å². The highest BCUT2D eigenvalue weighted by Crippen LogP contribution is 2.28. The molecule has 1 aliphatic heterocycles. The number of cyclic esters (lactones) is 2. The van der Waals surface area contributed by atoms with E-state index >= 15 is 0 Å². The fraction of sp³-hybridized carbons (Fsp3) is 0.750. The minimum Gasteiger partial charge on any atom is -0.393 e. The number of hydrogen-bond donors (Lipinski definition) is 0. The Labute approximate surface area is 65.7 Å². The van der Waals surface area contributed by atoms with E-state index in [1.165, 1.54) is 0 Å². The summed E-state index contributed by atoms with van der Waals surface area (Å²) in [5, 5.41) is 0. The van der Waals surface area contributed by atoms with E-state index in [1.54, 1.807) is 0 Å². The molecule has 0 aromatic carbocycles. The largest absolute Gasteiger partial charge is 0.393 e. The fourth-order valence-electron chi connectivity index (χ4n) is 1.48. The predicted molar refractivity (Wildman–Crippen MR) is 38.7 cm³/mol. The van der Waals surface area contributed by atoms with Gasteiger partial charge in [0.15, 0.2) is 0 Å². The molecular weight excluding hydrogens is 144 g/mol. The molecular formula is C8H12O3. The molecule has 0 saturated carbocycles. The van der Waals surface area contributed by atoms with Gasteiger partial charge in [0.05, 0.1) is 11.8 Å². The first-order valence-electron chi connectivity index (χ1n) is 3.96. The van der Waals surface area contributed by atoms with Crippen LogP contribution in [0.4, 0.5) is 0 Å². The second kappa shape index (κ2) is 3.03. The van der Waals surface area contributed by atoms with E-state index < -0.39 is 0 Å². The molecule has 1 heterocycles. The van der Waals surface area contributed by atoms with E-state index in [4.69, 9.17) is 0 Å². The van der Waals surface area contributed by atoms with Gasteiger partial charge in [0.25, 0.3) is 0 Å². The number of carbonyl (C=O) groups is 2. The van der Waals surface area contributed by atoms with Gasteiger partial charge in [-0.1, -0.05) is 13.8 Å². The van der Waals surface area contributed by atoms with Crippen molar-refractivity contribution in [2.24, 2.45) is 11.8 Å². The van der Waals surface area contributed by atoms with E-state index in [-0.39, 0.29) is 23.8 Å². The second-order valence-electron chi connectivity index (χ2n) is 2.77. The van der Waals surface area contributed by atoms with Gasteiger partial charge < -0.3 is 4.74 Å². The first-order valence-corrected chi connectivity index (χ1v) is 3.96. The Kier molecular flexibility index (Phi) is 2.27. The van der Waals surface area contributed by atoms with Crippen molar-refractivity contribution in [1.82, 2.24) is 0 Å². The molecule has 0 bridgehead atoms. The molecule has 2 atom stereocenters. The zero-order chi connectivity index (χ0) is 8.43. The molecule has 0 aliphatic carbocycles. The summed E-state index contributed by atoms with van der Waals surface area (Å²) in [6.45, 7) is 3.79. The van der Waals surface area contributed by atoms with E-state index in [2.05, 4.69) is 4.74 Å². The lowest BCUT2D eigenvalue weighted by Crippen LogP contribution is -2.15. The average Bonchev–Trinajstić information content (AvgIpc) is 2.24. The fourth-order valence-corrected chi connectivity index (χ4v) is 1.48. The summed E-state index contributed by atoms with van der Waals surface area (Å²) in [5.41, 5.74) is 0. The number of ether oxygens (including phenoxy) is 1. The zero-order valence-electron chi connectivity index (χ0n) is 6.79. The molecule has 11 heavy (non-hydrogen) atoms. The SMILES string of the molecule is CCC1C(=O)OC(=O)C1CC. The molecule has 0 amide bonds. The second-order valence-corrected chi connectivity index (χ2v) is 2.77. The van der Waals surface area contributed by atoms with E-state index in [0.717, 1.165) is 0 Å². The highest BCUT2D eigenvalue weighted by Gasteiger charge is 2.41. The standard InChI is InChI=1S/C8H12O3/c1-3-5-6(4-2)8(10)11-7(5)9/h5-6H,3-4H2,1-2H3. The van der Waals surface area contributed by atoms with Gasteiger partial charge in [-0.15, -0.1) is 0 Å². The molecule has 1 saturated heterocycles. The van der Waals surface area contributed by atoms with Crippen LogP contribution in [0.2, 0.25) is 0 Å². The maximum Gasteiger partial charge on any atom is 0.317 e. The van der Waals surface area contributed by atoms with Crippen LogP contribution in [0.15, 0.2) is 0 Å². The van der Waals surface area contributed by atoms with Crippen molar-refractivity contribution in [2.45, 2.75) is 26.7 Å². The quantitative estimate of drug-likeness (QED) is 0.444. The van der Waals surface area contributed by atoms with Crippen molar-refractivity contribution >= 4 is 11.9 Å². The molecule has 62 valence electrons. The van der Waals surface area contributed by atoms with Gasteiger partial charge in [-0.25, -0.2) is 0 Å². The Balaban J connectivity index is 2.74. The Morgan fingerprint density at radius 3 is 1.73 bits per heavy atom. The van der Waals surface area contributed by atoms with Crippen LogP contribution in [0.3, 0.4) is 0 Å². The minimum absolute atomic E-state index is 0.188. The van der Waals surface area contributed by atoms with Crippen LogP contribution in [-0.2, 0) is 14.3 Å². The third-order valence-corrected chi connectivity index (χ3v) is 2.17. The average molecular weight is 156 g/mol. The lowest BCUT2D eigenvalue weighted by atomic mass is 9.91. The third-order valence-electron chi connectivity index (χ3n) is 2.17. The molecule has 0 aromatic rings. The van der Waals surface area contributed by atoms with Crippen molar-refractivity contribution in [3.05, 3.63) is 0 Å². The predicted octanol–water partition coefficient (Wildman–Crippen LogP) is 1.12. The smallest absolute Gasteiger partial charge is 0.317 e. The van der Waals surface area contributed by atoms with Gasteiger partial charge in [-0.2, -0.15) is 0 Å². The molecule has 1 rings (SSSR count). The normalized spacial score (nSPS) is 30.7. The summed E-state index contributed by atoms with van der Waals surface area (Å²) in [6, 6.07) is 0. The maximum absolute atomic E-state index is 10.9. The first-order chi connectivity index (χ1) is 5.20. The molecule has 0 aromatic heterocycles. The van der Waals surface area contributed by atoms with Crippen LogP contribution in [0.5, 0.6) is 0 Å². The van der Waals surface area contributed by atoms with E-state index in [0.29, 0.717) is 12.8 Å². The highest BCUT2D eigenvalue weighted by molar-refractivity contribution is 5.96. The number of rotatable bonds is 2. The molecule has 0 spiro atoms. The summed E-state index contributed by atoms with van der Waals surface area (Å²) in [5.74, 6) is -1.06. The first kappa shape index (κ1) is 8.24. The van der Waals surface area contributed by atoms with Gasteiger partial charge in [-0.3, -0.25) is 9.59 Å². The Hall–Kier alpha value is -0.860. The van der Waals surface area contributed by atoms with Gasteiger partial charge in [0.2, 0.25) is 0 Å². The summed E-state index contributed by atoms with van der Waals surface area (Å²) >= 11 is 0. The molecule has 3 nitrogen and oxygen atoms in total. The highest BCUT2D eigenvalue weighted by atomic mass is 16.6. The monoisotopic (exact) mass is 156 g/mol. The van der Waals surface area contributed by atoms with Gasteiger partial charge in [-0.05, 0) is 12.8 Å². The number of hydrogen-bond acceptors (Lipinski definition) is 3. The van der Waals surface area contributed by atoms with Gasteiger partial charge in [0.1, 0.15) is 0 Å². The van der Waals surface area contributed by atoms with Crippen LogP contribution >= 0.6 is 0 Å².